The van der Waals surface area contributed by atoms with Crippen LogP contribution in [0.3, 0.4) is 0 Å². The quantitative estimate of drug-likeness (QED) is 0.564. The largest absolute Gasteiger partial charge is 0.244 e. The Kier molecular flexibility index (Phi) is 3.24. The van der Waals surface area contributed by atoms with E-state index in [9.17, 15) is 4.39 Å². The van der Waals surface area contributed by atoms with E-state index < -0.39 is 5.82 Å². The van der Waals surface area contributed by atoms with Gasteiger partial charge in [0.1, 0.15) is 12.1 Å². The lowest BCUT2D eigenvalue weighted by molar-refractivity contribution is 0.626. The van der Waals surface area contributed by atoms with E-state index in [0.717, 1.165) is 16.5 Å². The molecule has 7 heteroatoms. The molecule has 0 radical (unpaired) electrons. The average molecular weight is 326 g/mol. The van der Waals surface area contributed by atoms with E-state index in [-0.39, 0.29) is 0 Å². The topological polar surface area (TPSA) is 56.5 Å². The van der Waals surface area contributed by atoms with Crippen molar-refractivity contribution < 1.29 is 4.39 Å². The number of fused-ring (bicyclic) bond motifs is 1. The van der Waals surface area contributed by atoms with E-state index in [2.05, 4.69) is 20.1 Å². The van der Waals surface area contributed by atoms with Crippen molar-refractivity contribution in [3.8, 4) is 16.8 Å². The highest BCUT2D eigenvalue weighted by molar-refractivity contribution is 6.30. The summed E-state index contributed by atoms with van der Waals surface area (Å²) < 4.78 is 15.2. The summed E-state index contributed by atoms with van der Waals surface area (Å²) in [6.45, 7) is 0. The van der Waals surface area contributed by atoms with Gasteiger partial charge >= 0.3 is 0 Å². The van der Waals surface area contributed by atoms with Crippen LogP contribution in [-0.2, 0) is 0 Å². The van der Waals surface area contributed by atoms with Gasteiger partial charge in [0.2, 0.25) is 0 Å². The zero-order valence-corrected chi connectivity index (χ0v) is 12.4. The minimum Gasteiger partial charge on any atom is -0.244 e. The lowest BCUT2D eigenvalue weighted by Crippen LogP contribution is -1.98. The van der Waals surface area contributed by atoms with Crippen molar-refractivity contribution in [3.05, 3.63) is 66.2 Å². The number of halogens is 2. The van der Waals surface area contributed by atoms with Crippen molar-refractivity contribution in [2.24, 2.45) is 0 Å². The molecule has 0 aliphatic carbocycles. The molecule has 3 aromatic heterocycles. The highest BCUT2D eigenvalue weighted by Crippen LogP contribution is 2.28. The summed E-state index contributed by atoms with van der Waals surface area (Å²) >= 11 is 5.93. The summed E-state index contributed by atoms with van der Waals surface area (Å²) in [4.78, 5) is 12.4. The number of aromatic nitrogens is 5. The molecule has 0 atom stereocenters. The molecule has 0 spiro atoms. The van der Waals surface area contributed by atoms with Gasteiger partial charge in [-0.2, -0.15) is 5.10 Å². The van der Waals surface area contributed by atoms with E-state index >= 15 is 0 Å². The van der Waals surface area contributed by atoms with Gasteiger partial charge in [-0.3, -0.25) is 0 Å². The van der Waals surface area contributed by atoms with Crippen molar-refractivity contribution >= 4 is 22.6 Å². The fourth-order valence-electron chi connectivity index (χ4n) is 2.47. The van der Waals surface area contributed by atoms with Crippen molar-refractivity contribution in [2.45, 2.75) is 0 Å². The predicted molar refractivity (Wildman–Crippen MR) is 84.9 cm³/mol. The van der Waals surface area contributed by atoms with E-state index in [0.29, 0.717) is 16.4 Å². The maximum Gasteiger partial charge on any atom is 0.163 e. The Labute approximate surface area is 135 Å². The smallest absolute Gasteiger partial charge is 0.163 e. The molecule has 1 aromatic carbocycles. The lowest BCUT2D eigenvalue weighted by Gasteiger charge is -2.05. The average Bonchev–Trinajstić information content (AvgIpc) is 2.99. The first-order chi connectivity index (χ1) is 11.2. The third-order valence-corrected chi connectivity index (χ3v) is 3.65. The zero-order valence-electron chi connectivity index (χ0n) is 11.7. The Morgan fingerprint density at radius 1 is 1.04 bits per heavy atom. The van der Waals surface area contributed by atoms with Crippen molar-refractivity contribution in [1.29, 1.82) is 0 Å². The first-order valence-electron chi connectivity index (χ1n) is 6.77. The number of hydrogen-bond donors (Lipinski definition) is 0. The fraction of sp³-hybridized carbons (Fsp3) is 0. The first kappa shape index (κ1) is 13.8. The molecule has 0 unspecified atom stereocenters. The van der Waals surface area contributed by atoms with Gasteiger partial charge in [-0.15, -0.1) is 0 Å². The minimum atomic E-state index is -0.427. The summed E-state index contributed by atoms with van der Waals surface area (Å²) in [6, 6.07) is 6.11. The highest BCUT2D eigenvalue weighted by Gasteiger charge is 2.12. The van der Waals surface area contributed by atoms with Gasteiger partial charge in [0.15, 0.2) is 5.65 Å². The first-order valence-corrected chi connectivity index (χ1v) is 7.15. The van der Waals surface area contributed by atoms with Gasteiger partial charge in [-0.25, -0.2) is 24.0 Å². The summed E-state index contributed by atoms with van der Waals surface area (Å²) in [7, 11) is 0. The highest BCUT2D eigenvalue weighted by atomic mass is 35.5. The predicted octanol–water partition coefficient (Wildman–Crippen LogP) is 3.67. The second kappa shape index (κ2) is 5.40. The van der Waals surface area contributed by atoms with Gasteiger partial charge in [-0.1, -0.05) is 11.6 Å². The number of nitrogens with zero attached hydrogens (tertiary/aromatic N) is 5. The van der Waals surface area contributed by atoms with Crippen LogP contribution in [-0.4, -0.2) is 24.7 Å². The molecule has 112 valence electrons. The molecule has 0 N–H and O–H groups in total. The maximum atomic E-state index is 13.6. The van der Waals surface area contributed by atoms with Gasteiger partial charge in [0, 0.05) is 34.6 Å². The minimum absolute atomic E-state index is 0.302. The molecule has 4 rings (SSSR count). The van der Waals surface area contributed by atoms with Crippen LogP contribution < -0.4 is 0 Å². The Morgan fingerprint density at radius 2 is 1.87 bits per heavy atom. The second-order valence-electron chi connectivity index (χ2n) is 4.91. The van der Waals surface area contributed by atoms with E-state index in [1.54, 1.807) is 35.5 Å². The molecule has 3 heterocycles. The summed E-state index contributed by atoms with van der Waals surface area (Å²) in [5.41, 5.74) is 2.88. The Hall–Kier alpha value is -2.86. The van der Waals surface area contributed by atoms with Gasteiger partial charge in [0.25, 0.3) is 0 Å². The van der Waals surface area contributed by atoms with Crippen LogP contribution in [0.5, 0.6) is 0 Å². The molecule has 0 fully saturated rings. The molecular weight excluding hydrogens is 317 g/mol. The van der Waals surface area contributed by atoms with Crippen molar-refractivity contribution in [3.63, 3.8) is 0 Å². The normalized spacial score (nSPS) is 11.0. The molecule has 0 aliphatic rings. The van der Waals surface area contributed by atoms with Crippen LogP contribution in [0.25, 0.3) is 27.8 Å². The molecule has 0 saturated carbocycles. The summed E-state index contributed by atoms with van der Waals surface area (Å²) in [6.07, 6.45) is 8.27. The second-order valence-corrected chi connectivity index (χ2v) is 5.34. The molecule has 0 saturated heterocycles. The third-order valence-electron chi connectivity index (χ3n) is 3.44. The fourth-order valence-corrected chi connectivity index (χ4v) is 2.68. The maximum absolute atomic E-state index is 13.6. The number of benzene rings is 1. The molecule has 0 aliphatic heterocycles. The molecule has 0 amide bonds. The number of pyridine rings is 1. The van der Waals surface area contributed by atoms with Crippen molar-refractivity contribution in [1.82, 2.24) is 24.7 Å². The van der Waals surface area contributed by atoms with E-state index in [1.807, 2.05) is 6.07 Å². The SMILES string of the molecule is Fc1cc(Cl)cc(-n2ncc3c(-c4cncnc4)ccnc32)c1. The molecule has 5 nitrogen and oxygen atoms in total. The number of rotatable bonds is 2. The monoisotopic (exact) mass is 325 g/mol. The molecule has 0 bridgehead atoms. The Balaban J connectivity index is 1.94. The number of hydrogen-bond acceptors (Lipinski definition) is 4. The van der Waals surface area contributed by atoms with Crippen LogP contribution in [0.2, 0.25) is 5.02 Å². The molecule has 23 heavy (non-hydrogen) atoms. The van der Waals surface area contributed by atoms with Crippen LogP contribution in [0.1, 0.15) is 0 Å². The Bertz CT molecular complexity index is 980. The van der Waals surface area contributed by atoms with Crippen LogP contribution in [0.4, 0.5) is 4.39 Å². The Morgan fingerprint density at radius 3 is 2.65 bits per heavy atom. The van der Waals surface area contributed by atoms with E-state index in [1.165, 1.54) is 18.5 Å². The van der Waals surface area contributed by atoms with Gasteiger partial charge in [-0.05, 0) is 29.8 Å². The van der Waals surface area contributed by atoms with Gasteiger partial charge < -0.3 is 0 Å². The summed E-state index contributed by atoms with van der Waals surface area (Å²) in [5, 5.41) is 5.45. The van der Waals surface area contributed by atoms with E-state index in [4.69, 9.17) is 11.6 Å². The van der Waals surface area contributed by atoms with Gasteiger partial charge in [0.05, 0.1) is 11.9 Å². The molecule has 4 aromatic rings. The van der Waals surface area contributed by atoms with Crippen molar-refractivity contribution in [2.75, 3.05) is 0 Å². The summed E-state index contributed by atoms with van der Waals surface area (Å²) in [5.74, 6) is -0.427. The standard InChI is InChI=1S/C16H9ClFN5/c17-11-3-12(18)5-13(4-11)23-16-15(8-22-23)14(1-2-21-16)10-6-19-9-20-7-10/h1-9H. The molecular formula is C16H9ClFN5. The third kappa shape index (κ3) is 2.43. The van der Waals surface area contributed by atoms with Crippen LogP contribution in [0, 0.1) is 5.82 Å². The lowest BCUT2D eigenvalue weighted by atomic mass is 10.1. The zero-order chi connectivity index (χ0) is 15.8. The van der Waals surface area contributed by atoms with Crippen LogP contribution in [0.15, 0.2) is 55.4 Å². The van der Waals surface area contributed by atoms with Crippen LogP contribution >= 0.6 is 11.6 Å².